The highest BCUT2D eigenvalue weighted by atomic mass is 35.5. The highest BCUT2D eigenvalue weighted by Gasteiger charge is 2.46. The number of alkyl halides is 4. The van der Waals surface area contributed by atoms with Gasteiger partial charge in [-0.3, -0.25) is 4.79 Å². The largest absolute Gasteiger partial charge is 0.393 e. The Kier molecular flexibility index (Phi) is 4.92. The molecule has 0 aliphatic heterocycles. The van der Waals surface area contributed by atoms with Crippen molar-refractivity contribution in [1.29, 1.82) is 0 Å². The van der Waals surface area contributed by atoms with Gasteiger partial charge in [-0.25, -0.2) is 0 Å². The lowest BCUT2D eigenvalue weighted by Crippen LogP contribution is -2.51. The molecular weight excluding hydrogens is 267 g/mol. The summed E-state index contributed by atoms with van der Waals surface area (Å²) in [7, 11) is 0. The summed E-state index contributed by atoms with van der Waals surface area (Å²) in [6, 6.07) is -0.811. The van der Waals surface area contributed by atoms with Crippen molar-refractivity contribution >= 4 is 17.5 Å². The van der Waals surface area contributed by atoms with Crippen LogP contribution in [0.2, 0.25) is 0 Å². The van der Waals surface area contributed by atoms with Crippen molar-refractivity contribution in [3.05, 3.63) is 0 Å². The third-order valence-corrected chi connectivity index (χ3v) is 4.12. The van der Waals surface area contributed by atoms with E-state index in [1.165, 1.54) is 0 Å². The van der Waals surface area contributed by atoms with Crippen LogP contribution in [0.15, 0.2) is 0 Å². The molecule has 0 aromatic rings. The van der Waals surface area contributed by atoms with E-state index in [4.69, 9.17) is 11.6 Å². The fourth-order valence-electron chi connectivity index (χ4n) is 2.12. The van der Waals surface area contributed by atoms with Crippen molar-refractivity contribution in [2.45, 2.75) is 51.7 Å². The molecule has 2 unspecified atom stereocenters. The van der Waals surface area contributed by atoms with E-state index in [0.29, 0.717) is 12.8 Å². The number of carbonyl (C=O) groups is 1. The Hall–Kier alpha value is -0.450. The minimum absolute atomic E-state index is 0.0856. The maximum atomic E-state index is 12.8. The van der Waals surface area contributed by atoms with Crippen LogP contribution in [-0.4, -0.2) is 24.0 Å². The Morgan fingerprint density at radius 1 is 1.28 bits per heavy atom. The number of amides is 1. The first-order chi connectivity index (χ1) is 8.18. The Labute approximate surface area is 110 Å². The van der Waals surface area contributed by atoms with Gasteiger partial charge in [0.2, 0.25) is 5.91 Å². The van der Waals surface area contributed by atoms with Crippen molar-refractivity contribution in [3.8, 4) is 0 Å². The number of hydrogen-bond donors (Lipinski definition) is 1. The second kappa shape index (κ2) is 5.68. The van der Waals surface area contributed by atoms with Gasteiger partial charge >= 0.3 is 6.18 Å². The van der Waals surface area contributed by atoms with E-state index in [0.717, 1.165) is 6.42 Å². The van der Waals surface area contributed by atoms with Crippen LogP contribution in [0.4, 0.5) is 13.2 Å². The Morgan fingerprint density at radius 3 is 2.33 bits per heavy atom. The van der Waals surface area contributed by atoms with Crippen LogP contribution < -0.4 is 5.32 Å². The summed E-state index contributed by atoms with van der Waals surface area (Å²) in [6.45, 7) is 3.25. The van der Waals surface area contributed by atoms with E-state index in [2.05, 4.69) is 5.32 Å². The summed E-state index contributed by atoms with van der Waals surface area (Å²) < 4.78 is 38.5. The molecule has 0 heterocycles. The predicted molar refractivity (Wildman–Crippen MR) is 64.4 cm³/mol. The molecule has 106 valence electrons. The molecular formula is C12H19ClF3NO. The van der Waals surface area contributed by atoms with E-state index < -0.39 is 29.5 Å². The van der Waals surface area contributed by atoms with Crippen LogP contribution in [-0.2, 0) is 4.79 Å². The van der Waals surface area contributed by atoms with E-state index in [9.17, 15) is 18.0 Å². The normalized spacial score (nSPS) is 25.9. The van der Waals surface area contributed by atoms with E-state index in [-0.39, 0.29) is 12.3 Å². The molecule has 1 rings (SSSR count). The van der Waals surface area contributed by atoms with E-state index in [1.54, 1.807) is 13.8 Å². The number of carbonyl (C=O) groups excluding carboxylic acids is 1. The number of rotatable bonds is 3. The summed E-state index contributed by atoms with van der Waals surface area (Å²) in [5.41, 5.74) is -0.838. The average molecular weight is 286 g/mol. The molecule has 1 fully saturated rings. The van der Waals surface area contributed by atoms with E-state index in [1.807, 2.05) is 0 Å². The zero-order chi connectivity index (χ0) is 14.0. The molecule has 1 aliphatic rings. The summed E-state index contributed by atoms with van der Waals surface area (Å²) in [4.78, 5) is 11.9. The van der Waals surface area contributed by atoms with Crippen LogP contribution >= 0.6 is 11.6 Å². The zero-order valence-electron chi connectivity index (χ0n) is 10.6. The molecule has 0 radical (unpaired) electrons. The molecule has 0 aromatic carbocycles. The molecule has 2 atom stereocenters. The number of hydrogen-bond acceptors (Lipinski definition) is 1. The number of halogens is 4. The second-order valence-corrected chi connectivity index (χ2v) is 5.80. The molecule has 18 heavy (non-hydrogen) atoms. The molecule has 0 bridgehead atoms. The molecule has 1 aliphatic carbocycles. The molecule has 0 aromatic heterocycles. The van der Waals surface area contributed by atoms with Crippen molar-refractivity contribution < 1.29 is 18.0 Å². The third kappa shape index (κ3) is 3.77. The van der Waals surface area contributed by atoms with Gasteiger partial charge in [-0.2, -0.15) is 13.2 Å². The van der Waals surface area contributed by atoms with Gasteiger partial charge in [0.25, 0.3) is 0 Å². The fourth-order valence-corrected chi connectivity index (χ4v) is 2.24. The summed E-state index contributed by atoms with van der Waals surface area (Å²) >= 11 is 5.65. The first kappa shape index (κ1) is 15.6. The third-order valence-electron chi connectivity index (χ3n) is 3.45. The molecule has 6 heteroatoms. The molecule has 2 nitrogen and oxygen atoms in total. The van der Waals surface area contributed by atoms with Crippen molar-refractivity contribution in [1.82, 2.24) is 5.32 Å². The summed E-state index contributed by atoms with van der Waals surface area (Å²) in [6.07, 6.45) is -2.48. The lowest BCUT2D eigenvalue weighted by Gasteiger charge is -2.35. The van der Waals surface area contributed by atoms with Gasteiger partial charge in [-0.05, 0) is 26.7 Å². The molecule has 1 amide bonds. The van der Waals surface area contributed by atoms with Crippen molar-refractivity contribution in [3.63, 3.8) is 0 Å². The SMILES string of the molecule is CC(C)(CCl)C(=O)NC1CCCCC1C(F)(F)F. The quantitative estimate of drug-likeness (QED) is 0.790. The molecule has 0 saturated heterocycles. The lowest BCUT2D eigenvalue weighted by molar-refractivity contribution is -0.189. The Bertz CT molecular complexity index is 304. The molecule has 1 N–H and O–H groups in total. The van der Waals surface area contributed by atoms with Crippen LogP contribution in [0.5, 0.6) is 0 Å². The zero-order valence-corrected chi connectivity index (χ0v) is 11.4. The summed E-state index contributed by atoms with van der Waals surface area (Å²) in [5.74, 6) is -1.75. The maximum Gasteiger partial charge on any atom is 0.393 e. The highest BCUT2D eigenvalue weighted by molar-refractivity contribution is 6.19. The van der Waals surface area contributed by atoms with Crippen LogP contribution in [0, 0.1) is 11.3 Å². The summed E-state index contributed by atoms with van der Waals surface area (Å²) in [5, 5.41) is 2.52. The minimum atomic E-state index is -4.25. The highest BCUT2D eigenvalue weighted by Crippen LogP contribution is 2.38. The lowest BCUT2D eigenvalue weighted by atomic mass is 9.83. The minimum Gasteiger partial charge on any atom is -0.352 e. The average Bonchev–Trinajstić information content (AvgIpc) is 2.28. The van der Waals surface area contributed by atoms with Crippen LogP contribution in [0.25, 0.3) is 0 Å². The number of nitrogens with one attached hydrogen (secondary N) is 1. The first-order valence-corrected chi connectivity index (χ1v) is 6.65. The van der Waals surface area contributed by atoms with Crippen LogP contribution in [0.1, 0.15) is 39.5 Å². The molecule has 0 spiro atoms. The van der Waals surface area contributed by atoms with Crippen molar-refractivity contribution in [2.75, 3.05) is 5.88 Å². The van der Waals surface area contributed by atoms with Gasteiger partial charge in [-0.15, -0.1) is 11.6 Å². The fraction of sp³-hybridized carbons (Fsp3) is 0.917. The monoisotopic (exact) mass is 285 g/mol. The first-order valence-electron chi connectivity index (χ1n) is 6.12. The topological polar surface area (TPSA) is 29.1 Å². The van der Waals surface area contributed by atoms with Crippen molar-refractivity contribution in [2.24, 2.45) is 11.3 Å². The Morgan fingerprint density at radius 2 is 1.83 bits per heavy atom. The van der Waals surface area contributed by atoms with Gasteiger partial charge in [0.1, 0.15) is 0 Å². The second-order valence-electron chi connectivity index (χ2n) is 5.53. The predicted octanol–water partition coefficient (Wildman–Crippen LogP) is 3.49. The molecule has 1 saturated carbocycles. The Balaban J connectivity index is 2.72. The van der Waals surface area contributed by atoms with Crippen LogP contribution in [0.3, 0.4) is 0 Å². The van der Waals surface area contributed by atoms with Gasteiger partial charge in [-0.1, -0.05) is 12.8 Å². The standard InChI is InChI=1S/C12H19ClF3NO/c1-11(2,7-13)10(18)17-9-6-4-3-5-8(9)12(14,15)16/h8-9H,3-7H2,1-2H3,(H,17,18). The van der Waals surface area contributed by atoms with Gasteiger partial charge in [0.05, 0.1) is 11.3 Å². The van der Waals surface area contributed by atoms with E-state index >= 15 is 0 Å². The van der Waals surface area contributed by atoms with Gasteiger partial charge in [0.15, 0.2) is 0 Å². The smallest absolute Gasteiger partial charge is 0.352 e. The van der Waals surface area contributed by atoms with Gasteiger partial charge < -0.3 is 5.32 Å². The maximum absolute atomic E-state index is 12.8. The van der Waals surface area contributed by atoms with Gasteiger partial charge in [0, 0.05) is 11.9 Å².